The summed E-state index contributed by atoms with van der Waals surface area (Å²) in [5, 5.41) is 0.531. The first-order valence-electron chi connectivity index (χ1n) is 3.67. The van der Waals surface area contributed by atoms with Crippen LogP contribution >= 0.6 is 15.9 Å². The Kier molecular flexibility index (Phi) is 1.84. The molecule has 0 saturated heterocycles. The molecule has 2 aromatic rings. The predicted molar refractivity (Wildman–Crippen MR) is 54.6 cm³/mol. The first-order chi connectivity index (χ1) is 6.20. The van der Waals surface area contributed by atoms with Crippen molar-refractivity contribution in [3.8, 4) is 0 Å². The van der Waals surface area contributed by atoms with Gasteiger partial charge in [0, 0.05) is 0 Å². The molecule has 1 aromatic carbocycles. The summed E-state index contributed by atoms with van der Waals surface area (Å²) in [4.78, 5) is 11.6. The molecule has 2 N–H and O–H groups in total. The molecule has 13 heavy (non-hydrogen) atoms. The smallest absolute Gasteiger partial charge is 0.209 e. The van der Waals surface area contributed by atoms with E-state index in [2.05, 4.69) is 15.9 Å². The summed E-state index contributed by atoms with van der Waals surface area (Å²) >= 11 is 3.07. The van der Waals surface area contributed by atoms with E-state index in [9.17, 15) is 4.79 Å². The molecule has 66 valence electrons. The van der Waals surface area contributed by atoms with Crippen molar-refractivity contribution in [2.24, 2.45) is 0 Å². The number of anilines is 1. The minimum absolute atomic E-state index is 0.115. The van der Waals surface area contributed by atoms with Gasteiger partial charge in [0.2, 0.25) is 11.3 Å². The molecule has 4 heteroatoms. The fourth-order valence-electron chi connectivity index (χ4n) is 1.14. The second kappa shape index (κ2) is 2.88. The SMILES string of the molecule is Nc1oc2ccccc2c(=O)c1Br. The molecule has 1 aromatic heterocycles. The van der Waals surface area contributed by atoms with E-state index in [1.54, 1.807) is 24.3 Å². The topological polar surface area (TPSA) is 56.2 Å². The first-order valence-corrected chi connectivity index (χ1v) is 4.46. The third-order valence-electron chi connectivity index (χ3n) is 1.77. The Hall–Kier alpha value is -1.29. The number of hydrogen-bond donors (Lipinski definition) is 1. The highest BCUT2D eigenvalue weighted by molar-refractivity contribution is 9.10. The molecule has 0 aliphatic heterocycles. The summed E-state index contributed by atoms with van der Waals surface area (Å²) in [6.45, 7) is 0. The minimum atomic E-state index is -0.139. The lowest BCUT2D eigenvalue weighted by Crippen LogP contribution is -2.05. The van der Waals surface area contributed by atoms with Crippen molar-refractivity contribution in [1.29, 1.82) is 0 Å². The van der Waals surface area contributed by atoms with Crippen LogP contribution in [-0.4, -0.2) is 0 Å². The van der Waals surface area contributed by atoms with Gasteiger partial charge in [-0.15, -0.1) is 0 Å². The normalized spacial score (nSPS) is 10.5. The largest absolute Gasteiger partial charge is 0.439 e. The highest BCUT2D eigenvalue weighted by Gasteiger charge is 2.07. The van der Waals surface area contributed by atoms with Gasteiger partial charge in [0.25, 0.3) is 0 Å². The van der Waals surface area contributed by atoms with E-state index >= 15 is 0 Å². The number of nitrogens with two attached hydrogens (primary N) is 1. The molecule has 0 atom stereocenters. The zero-order valence-corrected chi connectivity index (χ0v) is 8.17. The van der Waals surface area contributed by atoms with Gasteiger partial charge in [0.05, 0.1) is 5.39 Å². The number of hydrogen-bond acceptors (Lipinski definition) is 3. The van der Waals surface area contributed by atoms with Gasteiger partial charge in [-0.05, 0) is 28.1 Å². The quantitative estimate of drug-likeness (QED) is 0.767. The highest BCUT2D eigenvalue weighted by atomic mass is 79.9. The summed E-state index contributed by atoms with van der Waals surface area (Å²) in [6, 6.07) is 6.98. The van der Waals surface area contributed by atoms with Crippen LogP contribution in [-0.2, 0) is 0 Å². The monoisotopic (exact) mass is 239 g/mol. The average Bonchev–Trinajstić information content (AvgIpc) is 2.15. The third kappa shape index (κ3) is 1.23. The summed E-state index contributed by atoms with van der Waals surface area (Å²) in [6.07, 6.45) is 0. The molecule has 2 rings (SSSR count). The Morgan fingerprint density at radius 1 is 1.31 bits per heavy atom. The lowest BCUT2D eigenvalue weighted by molar-refractivity contribution is 0.621. The molecule has 0 fully saturated rings. The first kappa shape index (κ1) is 8.31. The zero-order valence-electron chi connectivity index (χ0n) is 6.58. The summed E-state index contributed by atoms with van der Waals surface area (Å²) in [7, 11) is 0. The van der Waals surface area contributed by atoms with Gasteiger partial charge in [0.1, 0.15) is 10.1 Å². The van der Waals surface area contributed by atoms with Crippen molar-refractivity contribution < 1.29 is 4.42 Å². The molecule has 0 amide bonds. The maximum Gasteiger partial charge on any atom is 0.209 e. The molecule has 0 spiro atoms. The fraction of sp³-hybridized carbons (Fsp3) is 0. The summed E-state index contributed by atoms with van der Waals surface area (Å²) in [5.41, 5.74) is 5.84. The van der Waals surface area contributed by atoms with E-state index in [-0.39, 0.29) is 15.8 Å². The van der Waals surface area contributed by atoms with Crippen LogP contribution < -0.4 is 11.2 Å². The van der Waals surface area contributed by atoms with Crippen molar-refractivity contribution in [1.82, 2.24) is 0 Å². The van der Waals surface area contributed by atoms with Crippen molar-refractivity contribution >= 4 is 32.8 Å². The minimum Gasteiger partial charge on any atom is -0.439 e. The zero-order chi connectivity index (χ0) is 9.42. The van der Waals surface area contributed by atoms with E-state index in [4.69, 9.17) is 10.2 Å². The van der Waals surface area contributed by atoms with Crippen LogP contribution in [0.1, 0.15) is 0 Å². The van der Waals surface area contributed by atoms with Gasteiger partial charge in [-0.1, -0.05) is 12.1 Å². The Labute approximate surface area is 82.3 Å². The molecule has 0 radical (unpaired) electrons. The van der Waals surface area contributed by atoms with Gasteiger partial charge in [-0.2, -0.15) is 0 Å². The molecule has 0 aliphatic carbocycles. The standard InChI is InChI=1S/C9H6BrNO2/c10-7-8(12)5-3-1-2-4-6(5)13-9(7)11/h1-4H,11H2. The lowest BCUT2D eigenvalue weighted by atomic mass is 10.2. The van der Waals surface area contributed by atoms with Crippen LogP contribution in [0.15, 0.2) is 37.9 Å². The van der Waals surface area contributed by atoms with Gasteiger partial charge < -0.3 is 10.2 Å². The van der Waals surface area contributed by atoms with Gasteiger partial charge in [-0.25, -0.2) is 0 Å². The Morgan fingerprint density at radius 2 is 2.00 bits per heavy atom. The molecule has 0 saturated carbocycles. The maximum absolute atomic E-state index is 11.6. The van der Waals surface area contributed by atoms with Crippen LogP contribution in [0.3, 0.4) is 0 Å². The van der Waals surface area contributed by atoms with Crippen LogP contribution in [0.4, 0.5) is 5.88 Å². The number of benzene rings is 1. The van der Waals surface area contributed by atoms with Crippen molar-refractivity contribution in [3.63, 3.8) is 0 Å². The van der Waals surface area contributed by atoms with E-state index in [1.807, 2.05) is 0 Å². The van der Waals surface area contributed by atoms with E-state index < -0.39 is 0 Å². The molecule has 0 aliphatic rings. The average molecular weight is 240 g/mol. The van der Waals surface area contributed by atoms with Crippen LogP contribution in [0, 0.1) is 0 Å². The lowest BCUT2D eigenvalue weighted by Gasteiger charge is -1.99. The second-order valence-corrected chi connectivity index (χ2v) is 3.40. The molecule has 3 nitrogen and oxygen atoms in total. The van der Waals surface area contributed by atoms with Gasteiger partial charge in [0.15, 0.2) is 0 Å². The van der Waals surface area contributed by atoms with Crippen LogP contribution in [0.25, 0.3) is 11.0 Å². The highest BCUT2D eigenvalue weighted by Crippen LogP contribution is 2.20. The van der Waals surface area contributed by atoms with Crippen molar-refractivity contribution in [2.45, 2.75) is 0 Å². The second-order valence-electron chi connectivity index (χ2n) is 2.61. The summed E-state index contributed by atoms with van der Waals surface area (Å²) in [5.74, 6) is 0.115. The third-order valence-corrected chi connectivity index (χ3v) is 2.52. The maximum atomic E-state index is 11.6. The van der Waals surface area contributed by atoms with Crippen molar-refractivity contribution in [2.75, 3.05) is 5.73 Å². The van der Waals surface area contributed by atoms with Crippen molar-refractivity contribution in [3.05, 3.63) is 39.0 Å². The fourth-order valence-corrected chi connectivity index (χ4v) is 1.43. The molecule has 0 unspecified atom stereocenters. The van der Waals surface area contributed by atoms with Gasteiger partial charge >= 0.3 is 0 Å². The number of para-hydroxylation sites is 1. The summed E-state index contributed by atoms with van der Waals surface area (Å²) < 4.78 is 5.49. The number of fused-ring (bicyclic) bond motifs is 1. The molecular formula is C9H6BrNO2. The Morgan fingerprint density at radius 3 is 2.77 bits per heavy atom. The number of halogens is 1. The number of nitrogen functional groups attached to an aromatic ring is 1. The van der Waals surface area contributed by atoms with E-state index in [0.717, 1.165) is 0 Å². The predicted octanol–water partition coefficient (Wildman–Crippen LogP) is 2.14. The molecule has 0 bridgehead atoms. The molecular weight excluding hydrogens is 234 g/mol. The van der Waals surface area contributed by atoms with E-state index in [1.165, 1.54) is 0 Å². The Bertz CT molecular complexity index is 518. The van der Waals surface area contributed by atoms with Crippen LogP contribution in [0.2, 0.25) is 0 Å². The van der Waals surface area contributed by atoms with E-state index in [0.29, 0.717) is 11.0 Å². The van der Waals surface area contributed by atoms with Crippen LogP contribution in [0.5, 0.6) is 0 Å². The molecule has 1 heterocycles. The Balaban J connectivity index is 3.03. The van der Waals surface area contributed by atoms with Gasteiger partial charge in [-0.3, -0.25) is 4.79 Å². The number of rotatable bonds is 0.